The van der Waals surface area contributed by atoms with E-state index in [1.165, 1.54) is 76.8 Å². The van der Waals surface area contributed by atoms with Crippen LogP contribution in [0.4, 0.5) is 0 Å². The first-order chi connectivity index (χ1) is 19.7. The first-order valence-electron chi connectivity index (χ1n) is 13.8. The highest BCUT2D eigenvalue weighted by Gasteiger charge is 2.48. The number of hydrogen-bond acceptors (Lipinski definition) is 0. The van der Waals surface area contributed by atoms with Crippen LogP contribution in [-0.2, 0) is 5.41 Å². The zero-order valence-electron chi connectivity index (χ0n) is 21.7. The molecule has 0 radical (unpaired) electrons. The molecule has 0 saturated carbocycles. The fourth-order valence-electron chi connectivity index (χ4n) is 7.56. The van der Waals surface area contributed by atoms with E-state index < -0.39 is 5.41 Å². The number of rotatable bonds is 0. The lowest BCUT2D eigenvalue weighted by molar-refractivity contribution is 0.767. The zero-order chi connectivity index (χ0) is 26.4. The molecule has 0 N–H and O–H groups in total. The molecular formula is C39H23Br. The van der Waals surface area contributed by atoms with Crippen molar-refractivity contribution in [3.05, 3.63) is 165 Å². The molecule has 0 amide bonds. The maximum Gasteiger partial charge on any atom is 0.0725 e. The number of fused-ring (bicyclic) bond motifs is 15. The Balaban J connectivity index is 1.55. The van der Waals surface area contributed by atoms with Gasteiger partial charge in [0.05, 0.1) is 5.41 Å². The van der Waals surface area contributed by atoms with E-state index in [0.717, 1.165) is 4.47 Å². The van der Waals surface area contributed by atoms with E-state index >= 15 is 0 Å². The maximum absolute atomic E-state index is 3.84. The standard InChI is InChI=1S/C39H23Br/c40-26-20-19-25-18-17-24-9-1-7-15-35(24)39(37(25)21-26)36-16-8-6-14-31(36)34-22-32-29-12-4-2-10-27(29)28-11-3-5-13-30(28)33(32)23-38(34)39/h1-23H. The van der Waals surface area contributed by atoms with Gasteiger partial charge in [0.25, 0.3) is 0 Å². The second-order valence-corrected chi connectivity index (χ2v) is 11.9. The van der Waals surface area contributed by atoms with E-state index in [9.17, 15) is 0 Å². The second kappa shape index (κ2) is 8.03. The topological polar surface area (TPSA) is 0 Å². The van der Waals surface area contributed by atoms with Gasteiger partial charge in [-0.25, -0.2) is 0 Å². The highest BCUT2D eigenvalue weighted by molar-refractivity contribution is 9.10. The monoisotopic (exact) mass is 570 g/mol. The van der Waals surface area contributed by atoms with E-state index in [1.807, 2.05) is 0 Å². The molecule has 40 heavy (non-hydrogen) atoms. The molecule has 9 rings (SSSR count). The van der Waals surface area contributed by atoms with Gasteiger partial charge in [-0.3, -0.25) is 0 Å². The lowest BCUT2D eigenvalue weighted by Crippen LogP contribution is -2.30. The van der Waals surface area contributed by atoms with Crippen LogP contribution in [-0.4, -0.2) is 0 Å². The Morgan fingerprint density at radius 1 is 0.375 bits per heavy atom. The smallest absolute Gasteiger partial charge is 0.0619 e. The Bertz CT molecular complexity index is 2240. The quantitative estimate of drug-likeness (QED) is 0.159. The summed E-state index contributed by atoms with van der Waals surface area (Å²) in [4.78, 5) is 0. The van der Waals surface area contributed by atoms with Crippen LogP contribution < -0.4 is 0 Å². The molecule has 1 heteroatoms. The van der Waals surface area contributed by atoms with Crippen molar-refractivity contribution in [1.82, 2.24) is 0 Å². The van der Waals surface area contributed by atoms with E-state index in [1.54, 1.807) is 0 Å². The molecule has 0 aliphatic heterocycles. The van der Waals surface area contributed by atoms with Crippen LogP contribution in [0, 0.1) is 0 Å². The lowest BCUT2D eigenvalue weighted by atomic mass is 9.66. The van der Waals surface area contributed by atoms with Gasteiger partial charge in [0, 0.05) is 4.47 Å². The van der Waals surface area contributed by atoms with Crippen LogP contribution in [0.3, 0.4) is 0 Å². The van der Waals surface area contributed by atoms with Gasteiger partial charge >= 0.3 is 0 Å². The summed E-state index contributed by atoms with van der Waals surface area (Å²) in [5, 5.41) is 7.86. The summed E-state index contributed by atoms with van der Waals surface area (Å²) in [5.41, 5.74) is 10.1. The summed E-state index contributed by atoms with van der Waals surface area (Å²) in [5.74, 6) is 0. The van der Waals surface area contributed by atoms with Gasteiger partial charge in [-0.2, -0.15) is 0 Å². The predicted molar refractivity (Wildman–Crippen MR) is 173 cm³/mol. The lowest BCUT2D eigenvalue weighted by Gasteiger charge is -2.35. The third kappa shape index (κ3) is 2.75. The van der Waals surface area contributed by atoms with Gasteiger partial charge in [0.2, 0.25) is 0 Å². The summed E-state index contributed by atoms with van der Waals surface area (Å²) < 4.78 is 1.10. The molecule has 1 atom stereocenters. The molecule has 1 spiro atoms. The van der Waals surface area contributed by atoms with E-state index in [-0.39, 0.29) is 0 Å². The van der Waals surface area contributed by atoms with E-state index in [4.69, 9.17) is 0 Å². The van der Waals surface area contributed by atoms with Gasteiger partial charge in [-0.15, -0.1) is 0 Å². The van der Waals surface area contributed by atoms with Gasteiger partial charge < -0.3 is 0 Å². The van der Waals surface area contributed by atoms with Crippen LogP contribution in [0.25, 0.3) is 55.6 Å². The maximum atomic E-state index is 3.84. The third-order valence-corrected chi connectivity index (χ3v) is 9.63. The van der Waals surface area contributed by atoms with Crippen LogP contribution in [0.15, 0.2) is 132 Å². The molecule has 2 aliphatic carbocycles. The minimum absolute atomic E-state index is 0.438. The molecule has 1 unspecified atom stereocenters. The summed E-state index contributed by atoms with van der Waals surface area (Å²) in [6.07, 6.45) is 4.58. The molecular weight excluding hydrogens is 548 g/mol. The highest BCUT2D eigenvalue weighted by atomic mass is 79.9. The van der Waals surface area contributed by atoms with Crippen molar-refractivity contribution in [2.75, 3.05) is 0 Å². The summed E-state index contributed by atoms with van der Waals surface area (Å²) >= 11 is 3.84. The molecule has 2 aliphatic rings. The average Bonchev–Trinajstić information content (AvgIpc) is 3.21. The molecule has 0 aromatic heterocycles. The summed E-state index contributed by atoms with van der Waals surface area (Å²) in [6, 6.07) is 47.5. The Morgan fingerprint density at radius 3 is 1.65 bits per heavy atom. The first-order valence-corrected chi connectivity index (χ1v) is 14.6. The third-order valence-electron chi connectivity index (χ3n) is 9.13. The van der Waals surface area contributed by atoms with Crippen molar-refractivity contribution < 1.29 is 0 Å². The Labute approximate surface area is 241 Å². The summed E-state index contributed by atoms with van der Waals surface area (Å²) in [7, 11) is 0. The first kappa shape index (κ1) is 22.4. The fourth-order valence-corrected chi connectivity index (χ4v) is 7.92. The number of halogens is 1. The van der Waals surface area contributed by atoms with E-state index in [0.29, 0.717) is 0 Å². The van der Waals surface area contributed by atoms with Gasteiger partial charge in [0.1, 0.15) is 0 Å². The number of hydrogen-bond donors (Lipinski definition) is 0. The Kier molecular flexibility index (Phi) is 4.49. The highest BCUT2D eigenvalue weighted by Crippen LogP contribution is 2.59. The van der Waals surface area contributed by atoms with Crippen molar-refractivity contribution >= 4 is 60.4 Å². The molecule has 0 heterocycles. The number of benzene rings is 7. The van der Waals surface area contributed by atoms with Crippen molar-refractivity contribution in [3.63, 3.8) is 0 Å². The van der Waals surface area contributed by atoms with Gasteiger partial charge in [0.15, 0.2) is 0 Å². The van der Waals surface area contributed by atoms with E-state index in [2.05, 4.69) is 155 Å². The fraction of sp³-hybridized carbons (Fsp3) is 0.0256. The normalized spacial score (nSPS) is 16.6. The van der Waals surface area contributed by atoms with Crippen LogP contribution in [0.2, 0.25) is 0 Å². The minimum atomic E-state index is -0.438. The molecule has 0 nitrogen and oxygen atoms in total. The predicted octanol–water partition coefficient (Wildman–Crippen LogP) is 10.8. The van der Waals surface area contributed by atoms with Crippen LogP contribution >= 0.6 is 15.9 Å². The van der Waals surface area contributed by atoms with Crippen molar-refractivity contribution in [1.29, 1.82) is 0 Å². The van der Waals surface area contributed by atoms with Gasteiger partial charge in [-0.1, -0.05) is 131 Å². The molecule has 7 aromatic rings. The largest absolute Gasteiger partial charge is 0.0725 e. The van der Waals surface area contributed by atoms with Crippen LogP contribution in [0.5, 0.6) is 0 Å². The minimum Gasteiger partial charge on any atom is -0.0619 e. The van der Waals surface area contributed by atoms with Gasteiger partial charge in [-0.05, 0) is 101 Å². The van der Waals surface area contributed by atoms with Crippen LogP contribution in [0.1, 0.15) is 33.4 Å². The molecule has 7 aromatic carbocycles. The average molecular weight is 572 g/mol. The molecule has 0 fully saturated rings. The Morgan fingerprint density at radius 2 is 0.925 bits per heavy atom. The molecule has 0 saturated heterocycles. The second-order valence-electron chi connectivity index (χ2n) is 11.0. The SMILES string of the molecule is Brc1ccc2c(c1)C1(c3ccccc3C=C2)c2ccccc2-c2cc3c4ccccc4c4ccccc4c3cc21. The zero-order valence-corrected chi connectivity index (χ0v) is 23.2. The Hall–Kier alpha value is -4.46. The van der Waals surface area contributed by atoms with Crippen molar-refractivity contribution in [2.24, 2.45) is 0 Å². The molecule has 186 valence electrons. The summed E-state index contributed by atoms with van der Waals surface area (Å²) in [6.45, 7) is 0. The van der Waals surface area contributed by atoms with Crippen molar-refractivity contribution in [3.8, 4) is 11.1 Å². The van der Waals surface area contributed by atoms with Crippen molar-refractivity contribution in [2.45, 2.75) is 5.41 Å². The molecule has 0 bridgehead atoms.